The Morgan fingerprint density at radius 1 is 1.08 bits per heavy atom. The van der Waals surface area contributed by atoms with Crippen LogP contribution in [-0.2, 0) is 23.0 Å². The van der Waals surface area contributed by atoms with Gasteiger partial charge in [-0.15, -0.1) is 0 Å². The van der Waals surface area contributed by atoms with Crippen LogP contribution in [0.15, 0.2) is 30.5 Å². The number of anilines is 3. The number of methoxy groups -OCH3 is 1. The summed E-state index contributed by atoms with van der Waals surface area (Å²) in [5.41, 5.74) is 3.32. The highest BCUT2D eigenvalue weighted by Crippen LogP contribution is 2.29. The standard InChI is InChI=1S/C18H20N4O4/c1-21-10-13(9-15(21)17(24)26-3)20-18(25)19-12-5-6-14-11(8-12)4-7-16(23)22(14)2/h5-6,8-10H,4,7H2,1-3H3,(H2,19,20,25). The maximum Gasteiger partial charge on any atom is 0.354 e. The quantitative estimate of drug-likeness (QED) is 0.826. The SMILES string of the molecule is COC(=O)c1cc(NC(=O)Nc2ccc3c(c2)CCC(=O)N3C)cn1C. The first-order chi connectivity index (χ1) is 12.4. The van der Waals surface area contributed by atoms with Crippen molar-refractivity contribution < 1.29 is 19.1 Å². The average Bonchev–Trinajstić information content (AvgIpc) is 2.97. The van der Waals surface area contributed by atoms with Gasteiger partial charge in [0.25, 0.3) is 0 Å². The van der Waals surface area contributed by atoms with Gasteiger partial charge in [0.05, 0.1) is 12.8 Å². The van der Waals surface area contributed by atoms with E-state index in [9.17, 15) is 14.4 Å². The maximum absolute atomic E-state index is 12.2. The number of carbonyl (C=O) groups is 3. The molecule has 1 aromatic heterocycles. The lowest BCUT2D eigenvalue weighted by Gasteiger charge is -2.26. The lowest BCUT2D eigenvalue weighted by Crippen LogP contribution is -2.31. The highest BCUT2D eigenvalue weighted by molar-refractivity contribution is 6.01. The summed E-state index contributed by atoms with van der Waals surface area (Å²) >= 11 is 0. The van der Waals surface area contributed by atoms with Gasteiger partial charge in [-0.3, -0.25) is 4.79 Å². The van der Waals surface area contributed by atoms with E-state index in [4.69, 9.17) is 0 Å². The van der Waals surface area contributed by atoms with Crippen LogP contribution in [-0.4, -0.2) is 36.6 Å². The Balaban J connectivity index is 1.69. The van der Waals surface area contributed by atoms with E-state index in [1.165, 1.54) is 7.11 Å². The van der Waals surface area contributed by atoms with Crippen molar-refractivity contribution in [3.8, 4) is 0 Å². The van der Waals surface area contributed by atoms with Crippen LogP contribution in [0.5, 0.6) is 0 Å². The minimum Gasteiger partial charge on any atom is -0.464 e. The van der Waals surface area contributed by atoms with E-state index < -0.39 is 12.0 Å². The van der Waals surface area contributed by atoms with Crippen molar-refractivity contribution in [2.24, 2.45) is 7.05 Å². The summed E-state index contributed by atoms with van der Waals surface area (Å²) in [5.74, 6) is -0.393. The van der Waals surface area contributed by atoms with Gasteiger partial charge in [-0.05, 0) is 36.2 Å². The van der Waals surface area contributed by atoms with Gasteiger partial charge >= 0.3 is 12.0 Å². The van der Waals surface area contributed by atoms with Crippen LogP contribution in [0.1, 0.15) is 22.5 Å². The Kier molecular flexibility index (Phi) is 4.66. The van der Waals surface area contributed by atoms with Crippen molar-refractivity contribution in [3.63, 3.8) is 0 Å². The third-order valence-electron chi connectivity index (χ3n) is 4.34. The number of aryl methyl sites for hydroxylation is 2. The number of carbonyl (C=O) groups excluding carboxylic acids is 3. The molecule has 0 radical (unpaired) electrons. The number of hydrogen-bond acceptors (Lipinski definition) is 4. The zero-order valence-electron chi connectivity index (χ0n) is 14.8. The van der Waals surface area contributed by atoms with E-state index in [-0.39, 0.29) is 5.91 Å². The molecule has 1 aliphatic heterocycles. The number of esters is 1. The van der Waals surface area contributed by atoms with Crippen LogP contribution in [0.3, 0.4) is 0 Å². The van der Waals surface area contributed by atoms with Gasteiger partial charge in [0.1, 0.15) is 5.69 Å². The van der Waals surface area contributed by atoms with Crippen molar-refractivity contribution in [2.75, 3.05) is 29.7 Å². The van der Waals surface area contributed by atoms with Crippen LogP contribution < -0.4 is 15.5 Å². The molecule has 3 rings (SSSR count). The monoisotopic (exact) mass is 356 g/mol. The fourth-order valence-corrected chi connectivity index (χ4v) is 2.97. The van der Waals surface area contributed by atoms with Gasteiger partial charge in [0.2, 0.25) is 5.91 Å². The summed E-state index contributed by atoms with van der Waals surface area (Å²) in [6.45, 7) is 0. The third kappa shape index (κ3) is 3.39. The molecular weight excluding hydrogens is 336 g/mol. The number of rotatable bonds is 3. The summed E-state index contributed by atoms with van der Waals surface area (Å²) in [7, 11) is 4.74. The second-order valence-corrected chi connectivity index (χ2v) is 6.09. The van der Waals surface area contributed by atoms with Gasteiger partial charge in [-0.1, -0.05) is 0 Å². The molecule has 0 saturated carbocycles. The zero-order valence-corrected chi connectivity index (χ0v) is 14.8. The van der Waals surface area contributed by atoms with Crippen LogP contribution in [0.25, 0.3) is 0 Å². The lowest BCUT2D eigenvalue weighted by molar-refractivity contribution is -0.118. The molecule has 1 aliphatic rings. The summed E-state index contributed by atoms with van der Waals surface area (Å²) in [4.78, 5) is 37.2. The molecule has 26 heavy (non-hydrogen) atoms. The van der Waals surface area contributed by atoms with E-state index >= 15 is 0 Å². The summed E-state index contributed by atoms with van der Waals surface area (Å²) < 4.78 is 6.26. The fourth-order valence-electron chi connectivity index (χ4n) is 2.97. The molecule has 0 spiro atoms. The minimum atomic E-state index is -0.477. The number of fused-ring (bicyclic) bond motifs is 1. The first kappa shape index (κ1) is 17.5. The van der Waals surface area contributed by atoms with E-state index in [0.717, 1.165) is 11.3 Å². The Bertz CT molecular complexity index is 887. The lowest BCUT2D eigenvalue weighted by atomic mass is 10.0. The average molecular weight is 356 g/mol. The zero-order chi connectivity index (χ0) is 18.8. The number of aromatic nitrogens is 1. The van der Waals surface area contributed by atoms with Gasteiger partial charge in [0.15, 0.2) is 0 Å². The molecule has 0 bridgehead atoms. The van der Waals surface area contributed by atoms with Crippen molar-refractivity contribution >= 4 is 35.0 Å². The van der Waals surface area contributed by atoms with Crippen LogP contribution in [0.2, 0.25) is 0 Å². The Morgan fingerprint density at radius 2 is 1.81 bits per heavy atom. The number of ether oxygens (including phenoxy) is 1. The molecule has 1 aromatic carbocycles. The largest absolute Gasteiger partial charge is 0.464 e. The van der Waals surface area contributed by atoms with Gasteiger partial charge in [0, 0.05) is 38.1 Å². The number of benzene rings is 1. The first-order valence-electron chi connectivity index (χ1n) is 8.11. The molecule has 8 heteroatoms. The van der Waals surface area contributed by atoms with Gasteiger partial charge in [-0.25, -0.2) is 9.59 Å². The molecule has 0 saturated heterocycles. The second-order valence-electron chi connectivity index (χ2n) is 6.09. The molecule has 2 aromatic rings. The van der Waals surface area contributed by atoms with Crippen molar-refractivity contribution in [3.05, 3.63) is 41.7 Å². The van der Waals surface area contributed by atoms with Crippen molar-refractivity contribution in [2.45, 2.75) is 12.8 Å². The van der Waals surface area contributed by atoms with Crippen molar-refractivity contribution in [1.29, 1.82) is 0 Å². The Morgan fingerprint density at radius 3 is 2.54 bits per heavy atom. The van der Waals surface area contributed by atoms with Crippen LogP contribution in [0, 0.1) is 0 Å². The molecule has 0 atom stereocenters. The number of hydrogen-bond donors (Lipinski definition) is 2. The number of nitrogens with zero attached hydrogens (tertiary/aromatic N) is 2. The summed E-state index contributed by atoms with van der Waals surface area (Å²) in [6.07, 6.45) is 2.73. The topological polar surface area (TPSA) is 92.7 Å². The molecule has 0 fully saturated rings. The Labute approximate surface area is 150 Å². The van der Waals surface area contributed by atoms with Gasteiger partial charge < -0.3 is 24.8 Å². The number of nitrogens with one attached hydrogen (secondary N) is 2. The predicted molar refractivity (Wildman–Crippen MR) is 97.6 cm³/mol. The molecular formula is C18H20N4O4. The van der Waals surface area contributed by atoms with E-state index in [2.05, 4.69) is 15.4 Å². The summed E-state index contributed by atoms with van der Waals surface area (Å²) in [6, 6.07) is 6.55. The minimum absolute atomic E-state index is 0.0847. The molecule has 0 aliphatic carbocycles. The molecule has 2 heterocycles. The van der Waals surface area contributed by atoms with Gasteiger partial charge in [-0.2, -0.15) is 0 Å². The predicted octanol–water partition coefficient (Wildman–Crippen LogP) is 2.36. The van der Waals surface area contributed by atoms with E-state index in [1.807, 2.05) is 12.1 Å². The molecule has 3 amide bonds. The summed E-state index contributed by atoms with van der Waals surface area (Å²) in [5, 5.41) is 5.44. The molecule has 0 unspecified atom stereocenters. The highest BCUT2D eigenvalue weighted by Gasteiger charge is 2.21. The number of urea groups is 1. The fraction of sp³-hybridized carbons (Fsp3) is 0.278. The van der Waals surface area contributed by atoms with Crippen LogP contribution >= 0.6 is 0 Å². The Hall–Kier alpha value is -3.29. The first-order valence-corrected chi connectivity index (χ1v) is 8.11. The smallest absolute Gasteiger partial charge is 0.354 e. The molecule has 2 N–H and O–H groups in total. The normalized spacial score (nSPS) is 13.2. The van der Waals surface area contributed by atoms with Crippen molar-refractivity contribution in [1.82, 2.24) is 4.57 Å². The highest BCUT2D eigenvalue weighted by atomic mass is 16.5. The van der Waals surface area contributed by atoms with Crippen LogP contribution in [0.4, 0.5) is 21.9 Å². The maximum atomic E-state index is 12.2. The molecule has 136 valence electrons. The van der Waals surface area contributed by atoms with E-state index in [0.29, 0.717) is 29.9 Å². The second kappa shape index (κ2) is 6.91. The third-order valence-corrected chi connectivity index (χ3v) is 4.34. The van der Waals surface area contributed by atoms with E-state index in [1.54, 1.807) is 41.9 Å². The number of amides is 3. The molecule has 8 nitrogen and oxygen atoms in total.